The average Bonchev–Trinajstić information content (AvgIpc) is 3.18. The summed E-state index contributed by atoms with van der Waals surface area (Å²) in [6, 6.07) is 16.5. The number of piperidine rings is 1. The van der Waals surface area contributed by atoms with Gasteiger partial charge in [-0.15, -0.1) is 0 Å². The third kappa shape index (κ3) is 4.65. The van der Waals surface area contributed by atoms with Crippen molar-refractivity contribution in [3.05, 3.63) is 59.7 Å². The van der Waals surface area contributed by atoms with Crippen molar-refractivity contribution in [2.45, 2.75) is 32.2 Å². The van der Waals surface area contributed by atoms with E-state index in [2.05, 4.69) is 35.6 Å². The van der Waals surface area contributed by atoms with Crippen LogP contribution >= 0.6 is 0 Å². The number of hydrogen-bond acceptors (Lipinski definition) is 3. The molecule has 28 heavy (non-hydrogen) atoms. The van der Waals surface area contributed by atoms with Crippen LogP contribution in [0.25, 0.3) is 0 Å². The fourth-order valence-corrected chi connectivity index (χ4v) is 4.20. The molecule has 0 spiro atoms. The molecule has 148 valence electrons. The first-order chi connectivity index (χ1) is 13.7. The summed E-state index contributed by atoms with van der Waals surface area (Å²) in [5, 5.41) is 3.13. The van der Waals surface area contributed by atoms with Crippen molar-refractivity contribution in [3.8, 4) is 11.5 Å². The maximum atomic E-state index is 12.5. The van der Waals surface area contributed by atoms with Crippen LogP contribution in [0.1, 0.15) is 36.9 Å². The minimum absolute atomic E-state index is 0.0444. The highest BCUT2D eigenvalue weighted by atomic mass is 16.7. The fourth-order valence-electron chi connectivity index (χ4n) is 4.20. The molecule has 0 saturated carbocycles. The Hall–Kier alpha value is -2.53. The van der Waals surface area contributed by atoms with Crippen molar-refractivity contribution in [3.63, 3.8) is 0 Å². The number of nitrogens with one attached hydrogen (secondary N) is 2. The van der Waals surface area contributed by atoms with Crippen molar-refractivity contribution in [1.82, 2.24) is 5.32 Å². The summed E-state index contributed by atoms with van der Waals surface area (Å²) in [5.41, 5.74) is 2.46. The molecule has 0 aromatic heterocycles. The maximum Gasteiger partial charge on any atom is 0.275 e. The number of rotatable bonds is 6. The fraction of sp³-hybridized carbons (Fsp3) is 0.435. The lowest BCUT2D eigenvalue weighted by Crippen LogP contribution is -3.14. The second-order valence-electron chi connectivity index (χ2n) is 7.96. The van der Waals surface area contributed by atoms with Crippen molar-refractivity contribution < 1.29 is 19.2 Å². The van der Waals surface area contributed by atoms with Crippen LogP contribution in [0.5, 0.6) is 11.5 Å². The molecule has 5 nitrogen and oxygen atoms in total. The van der Waals surface area contributed by atoms with E-state index in [-0.39, 0.29) is 18.7 Å². The highest BCUT2D eigenvalue weighted by Crippen LogP contribution is 2.34. The molecule has 0 aliphatic carbocycles. The van der Waals surface area contributed by atoms with Crippen LogP contribution in [0.4, 0.5) is 0 Å². The third-order valence-electron chi connectivity index (χ3n) is 5.86. The van der Waals surface area contributed by atoms with Gasteiger partial charge in [-0.25, -0.2) is 0 Å². The zero-order valence-electron chi connectivity index (χ0n) is 16.4. The number of benzene rings is 2. The number of carbonyl (C=O) groups excluding carboxylic acids is 1. The van der Waals surface area contributed by atoms with Crippen LogP contribution in [0.15, 0.2) is 48.5 Å². The Morgan fingerprint density at radius 1 is 1.11 bits per heavy atom. The number of fused-ring (bicyclic) bond motifs is 1. The van der Waals surface area contributed by atoms with Crippen LogP contribution in [0.3, 0.4) is 0 Å². The number of quaternary nitrogens is 1. The molecular weight excluding hydrogens is 352 g/mol. The molecule has 2 aromatic rings. The summed E-state index contributed by atoms with van der Waals surface area (Å²) < 4.78 is 10.8. The van der Waals surface area contributed by atoms with Gasteiger partial charge in [-0.1, -0.05) is 36.4 Å². The van der Waals surface area contributed by atoms with Crippen molar-refractivity contribution in [2.75, 3.05) is 26.4 Å². The summed E-state index contributed by atoms with van der Waals surface area (Å²) in [4.78, 5) is 13.9. The maximum absolute atomic E-state index is 12.5. The second-order valence-corrected chi connectivity index (χ2v) is 7.96. The molecule has 1 atom stereocenters. The van der Waals surface area contributed by atoms with E-state index >= 15 is 0 Å². The minimum Gasteiger partial charge on any atom is -0.454 e. The van der Waals surface area contributed by atoms with E-state index in [1.807, 2.05) is 25.1 Å². The predicted molar refractivity (Wildman–Crippen MR) is 108 cm³/mol. The lowest BCUT2D eigenvalue weighted by Gasteiger charge is -2.29. The Labute approximate surface area is 166 Å². The van der Waals surface area contributed by atoms with Gasteiger partial charge in [-0.05, 0) is 55.4 Å². The monoisotopic (exact) mass is 381 g/mol. The van der Waals surface area contributed by atoms with Crippen LogP contribution in [0, 0.1) is 5.92 Å². The first-order valence-electron chi connectivity index (χ1n) is 10.2. The summed E-state index contributed by atoms with van der Waals surface area (Å²) in [7, 11) is 0. The van der Waals surface area contributed by atoms with Gasteiger partial charge in [0.15, 0.2) is 18.0 Å². The van der Waals surface area contributed by atoms with Crippen LogP contribution in [-0.4, -0.2) is 32.3 Å². The molecule has 2 aromatic carbocycles. The van der Waals surface area contributed by atoms with E-state index in [0.29, 0.717) is 6.54 Å². The van der Waals surface area contributed by atoms with Gasteiger partial charge in [0, 0.05) is 0 Å². The molecule has 1 saturated heterocycles. The minimum atomic E-state index is -0.0444. The number of ether oxygens (including phenoxy) is 2. The largest absolute Gasteiger partial charge is 0.454 e. The molecule has 2 N–H and O–H groups in total. The summed E-state index contributed by atoms with van der Waals surface area (Å²) in [6.45, 7) is 4.97. The smallest absolute Gasteiger partial charge is 0.275 e. The van der Waals surface area contributed by atoms with E-state index in [4.69, 9.17) is 9.47 Å². The van der Waals surface area contributed by atoms with Gasteiger partial charge in [0.2, 0.25) is 6.79 Å². The molecule has 2 aliphatic heterocycles. The lowest BCUT2D eigenvalue weighted by atomic mass is 9.90. The van der Waals surface area contributed by atoms with Gasteiger partial charge >= 0.3 is 0 Å². The Kier molecular flexibility index (Phi) is 5.81. The molecule has 1 fully saturated rings. The summed E-state index contributed by atoms with van der Waals surface area (Å²) >= 11 is 0. The normalized spacial score (nSPS) is 21.9. The van der Waals surface area contributed by atoms with E-state index in [1.54, 1.807) is 0 Å². The SMILES string of the molecule is C[C@@H](NC(=O)C[NH+]1CCC(Cc2ccccc2)CC1)c1ccc2c(c1)OCO2. The Balaban J connectivity index is 1.22. The van der Waals surface area contributed by atoms with Crippen LogP contribution in [0.2, 0.25) is 0 Å². The van der Waals surface area contributed by atoms with E-state index in [1.165, 1.54) is 23.3 Å². The number of hydrogen-bond donors (Lipinski definition) is 2. The average molecular weight is 381 g/mol. The molecule has 4 rings (SSSR count). The van der Waals surface area contributed by atoms with E-state index in [9.17, 15) is 4.79 Å². The molecule has 2 heterocycles. The van der Waals surface area contributed by atoms with Crippen LogP contribution in [-0.2, 0) is 11.2 Å². The molecule has 0 unspecified atom stereocenters. The lowest BCUT2D eigenvalue weighted by molar-refractivity contribution is -0.898. The molecule has 1 amide bonds. The Bertz CT molecular complexity index is 801. The zero-order chi connectivity index (χ0) is 19.3. The third-order valence-corrected chi connectivity index (χ3v) is 5.86. The second kappa shape index (κ2) is 8.65. The molecule has 0 radical (unpaired) electrons. The summed E-state index contributed by atoms with van der Waals surface area (Å²) in [5.74, 6) is 2.37. The van der Waals surface area contributed by atoms with Gasteiger partial charge in [0.1, 0.15) is 0 Å². The van der Waals surface area contributed by atoms with E-state index in [0.717, 1.165) is 42.5 Å². The molecular formula is C23H29N2O3+. The predicted octanol–water partition coefficient (Wildman–Crippen LogP) is 2.13. The highest BCUT2D eigenvalue weighted by molar-refractivity contribution is 5.77. The van der Waals surface area contributed by atoms with Crippen molar-refractivity contribution >= 4 is 5.91 Å². The van der Waals surface area contributed by atoms with Gasteiger partial charge < -0.3 is 19.7 Å². The Morgan fingerprint density at radius 3 is 2.64 bits per heavy atom. The number of amides is 1. The van der Waals surface area contributed by atoms with Gasteiger partial charge in [-0.2, -0.15) is 0 Å². The zero-order valence-corrected chi connectivity index (χ0v) is 16.4. The van der Waals surface area contributed by atoms with Crippen molar-refractivity contribution in [2.24, 2.45) is 5.92 Å². The van der Waals surface area contributed by atoms with E-state index < -0.39 is 0 Å². The topological polar surface area (TPSA) is 52.0 Å². The number of likely N-dealkylation sites (tertiary alicyclic amines) is 1. The molecule has 2 aliphatic rings. The highest BCUT2D eigenvalue weighted by Gasteiger charge is 2.25. The van der Waals surface area contributed by atoms with Crippen LogP contribution < -0.4 is 19.7 Å². The summed E-state index contributed by atoms with van der Waals surface area (Å²) in [6.07, 6.45) is 3.53. The Morgan fingerprint density at radius 2 is 1.86 bits per heavy atom. The standard InChI is InChI=1S/C23H28N2O3/c1-17(20-7-8-21-22(14-20)28-16-27-21)24-23(26)15-25-11-9-19(10-12-25)13-18-5-3-2-4-6-18/h2-8,14,17,19H,9-13,15-16H2,1H3,(H,24,26)/p+1/t17-/m1/s1. The number of carbonyl (C=O) groups is 1. The first kappa shape index (κ1) is 18.8. The van der Waals surface area contributed by atoms with Crippen molar-refractivity contribution in [1.29, 1.82) is 0 Å². The van der Waals surface area contributed by atoms with Gasteiger partial charge in [-0.3, -0.25) is 4.79 Å². The quantitative estimate of drug-likeness (QED) is 0.806. The van der Waals surface area contributed by atoms with Gasteiger partial charge in [0.25, 0.3) is 5.91 Å². The first-order valence-corrected chi connectivity index (χ1v) is 10.2. The molecule has 5 heteroatoms. The molecule has 0 bridgehead atoms. The van der Waals surface area contributed by atoms with Gasteiger partial charge in [0.05, 0.1) is 19.1 Å².